The van der Waals surface area contributed by atoms with E-state index in [1.165, 1.54) is 6.20 Å². The molecular formula is C17H18ClNO6. The highest BCUT2D eigenvalue weighted by atomic mass is 35.5. The summed E-state index contributed by atoms with van der Waals surface area (Å²) in [4.78, 5) is 27.5. The molecule has 0 bridgehead atoms. The van der Waals surface area contributed by atoms with Crippen molar-refractivity contribution < 1.29 is 23.7 Å². The average Bonchev–Trinajstić information content (AvgIpc) is 2.60. The Morgan fingerprint density at radius 3 is 2.92 bits per heavy atom. The van der Waals surface area contributed by atoms with E-state index in [0.29, 0.717) is 31.1 Å². The number of fused-ring (bicyclic) bond motifs is 2. The van der Waals surface area contributed by atoms with Gasteiger partial charge in [0, 0.05) is 18.9 Å². The molecule has 0 spiro atoms. The number of aromatic nitrogens is 1. The van der Waals surface area contributed by atoms with Crippen LogP contribution in [0.15, 0.2) is 17.1 Å². The molecule has 1 N–H and O–H groups in total. The number of esters is 1. The first-order chi connectivity index (χ1) is 12.1. The van der Waals surface area contributed by atoms with E-state index in [1.54, 1.807) is 13.0 Å². The van der Waals surface area contributed by atoms with Crippen LogP contribution in [0.3, 0.4) is 0 Å². The third kappa shape index (κ3) is 3.29. The van der Waals surface area contributed by atoms with Gasteiger partial charge in [-0.05, 0) is 13.8 Å². The second-order valence-corrected chi connectivity index (χ2v) is 5.78. The van der Waals surface area contributed by atoms with Gasteiger partial charge < -0.3 is 23.9 Å². The molecule has 134 valence electrons. The van der Waals surface area contributed by atoms with Gasteiger partial charge in [-0.1, -0.05) is 11.6 Å². The van der Waals surface area contributed by atoms with E-state index in [2.05, 4.69) is 4.98 Å². The molecule has 1 aliphatic heterocycles. The number of benzene rings is 1. The van der Waals surface area contributed by atoms with Crippen molar-refractivity contribution >= 4 is 28.5 Å². The van der Waals surface area contributed by atoms with Crippen molar-refractivity contribution in [2.24, 2.45) is 0 Å². The van der Waals surface area contributed by atoms with E-state index in [1.807, 2.05) is 6.92 Å². The second kappa shape index (κ2) is 7.33. The number of nitrogens with one attached hydrogen (secondary N) is 1. The molecule has 2 aromatic rings. The van der Waals surface area contributed by atoms with Crippen LogP contribution in [0.2, 0.25) is 5.02 Å². The molecule has 8 heteroatoms. The maximum Gasteiger partial charge on any atom is 0.343 e. The first kappa shape index (κ1) is 17.6. The zero-order chi connectivity index (χ0) is 18.0. The first-order valence-corrected chi connectivity index (χ1v) is 8.36. The molecule has 1 aliphatic rings. The third-order valence-corrected chi connectivity index (χ3v) is 4.10. The Balaban J connectivity index is 2.07. The molecule has 0 amide bonds. The van der Waals surface area contributed by atoms with Gasteiger partial charge in [-0.25, -0.2) is 4.79 Å². The molecule has 1 aromatic heterocycles. The van der Waals surface area contributed by atoms with Crippen LogP contribution in [-0.4, -0.2) is 43.5 Å². The molecule has 2 heterocycles. The number of aromatic amines is 1. The quantitative estimate of drug-likeness (QED) is 0.817. The lowest BCUT2D eigenvalue weighted by molar-refractivity contribution is 0.0130. The van der Waals surface area contributed by atoms with Crippen LogP contribution in [-0.2, 0) is 9.47 Å². The summed E-state index contributed by atoms with van der Waals surface area (Å²) < 4.78 is 21.7. The minimum atomic E-state index is -0.703. The number of H-pyrrole nitrogens is 1. The second-order valence-electron chi connectivity index (χ2n) is 5.40. The Morgan fingerprint density at radius 2 is 2.20 bits per heavy atom. The van der Waals surface area contributed by atoms with Crippen molar-refractivity contribution in [1.82, 2.24) is 4.98 Å². The zero-order valence-electron chi connectivity index (χ0n) is 13.9. The number of ether oxygens (including phenoxy) is 4. The minimum Gasteiger partial charge on any atom is -0.486 e. The fourth-order valence-corrected chi connectivity index (χ4v) is 2.91. The number of pyridine rings is 1. The maximum atomic E-state index is 12.7. The van der Waals surface area contributed by atoms with Gasteiger partial charge in [0.25, 0.3) is 0 Å². The predicted molar refractivity (Wildman–Crippen MR) is 91.9 cm³/mol. The van der Waals surface area contributed by atoms with E-state index in [9.17, 15) is 9.59 Å². The molecule has 1 unspecified atom stereocenters. The van der Waals surface area contributed by atoms with Crippen molar-refractivity contribution in [2.45, 2.75) is 20.0 Å². The summed E-state index contributed by atoms with van der Waals surface area (Å²) in [6.07, 6.45) is 0.988. The molecule has 0 saturated heterocycles. The van der Waals surface area contributed by atoms with Crippen molar-refractivity contribution in [3.8, 4) is 11.5 Å². The minimum absolute atomic E-state index is 0.0982. The normalized spacial score (nSPS) is 16.0. The topological polar surface area (TPSA) is 86.9 Å². The highest BCUT2D eigenvalue weighted by Crippen LogP contribution is 2.42. The Kier molecular flexibility index (Phi) is 5.15. The van der Waals surface area contributed by atoms with Gasteiger partial charge in [-0.3, -0.25) is 4.79 Å². The summed E-state index contributed by atoms with van der Waals surface area (Å²) >= 11 is 6.40. The number of hydrogen-bond donors (Lipinski definition) is 1. The van der Waals surface area contributed by atoms with Crippen LogP contribution in [0.25, 0.3) is 10.9 Å². The summed E-state index contributed by atoms with van der Waals surface area (Å²) in [6, 6.07) is 1.63. The Morgan fingerprint density at radius 1 is 1.40 bits per heavy atom. The smallest absolute Gasteiger partial charge is 0.343 e. The summed E-state index contributed by atoms with van der Waals surface area (Å²) in [7, 11) is 0. The lowest BCUT2D eigenvalue weighted by Gasteiger charge is -2.27. The van der Waals surface area contributed by atoms with E-state index >= 15 is 0 Å². The molecule has 7 nitrogen and oxygen atoms in total. The average molecular weight is 368 g/mol. The van der Waals surface area contributed by atoms with Crippen molar-refractivity contribution in [3.05, 3.63) is 33.1 Å². The lowest BCUT2D eigenvalue weighted by Crippen LogP contribution is -2.33. The highest BCUT2D eigenvalue weighted by molar-refractivity contribution is 6.37. The van der Waals surface area contributed by atoms with Gasteiger partial charge in [-0.2, -0.15) is 0 Å². The molecule has 25 heavy (non-hydrogen) atoms. The van der Waals surface area contributed by atoms with Crippen molar-refractivity contribution in [2.75, 3.05) is 26.4 Å². The Bertz CT molecular complexity index is 862. The molecule has 0 radical (unpaired) electrons. The number of rotatable bonds is 5. The summed E-state index contributed by atoms with van der Waals surface area (Å²) in [5, 5.41) is 0.257. The zero-order valence-corrected chi connectivity index (χ0v) is 14.6. The molecule has 1 atom stereocenters. The Labute approximate surface area is 148 Å². The monoisotopic (exact) mass is 367 g/mol. The van der Waals surface area contributed by atoms with Crippen LogP contribution in [0, 0.1) is 0 Å². The molecule has 3 rings (SSSR count). The van der Waals surface area contributed by atoms with Gasteiger partial charge in [-0.15, -0.1) is 0 Å². The van der Waals surface area contributed by atoms with Gasteiger partial charge in [0.1, 0.15) is 12.2 Å². The summed E-state index contributed by atoms with van der Waals surface area (Å²) in [5.41, 5.74) is -0.178. The van der Waals surface area contributed by atoms with Crippen LogP contribution >= 0.6 is 11.6 Å². The SMILES string of the molecule is CCOCC1COc2cc3[nH]cc(C(=O)OCC)c(=O)c3c(Cl)c2O1. The lowest BCUT2D eigenvalue weighted by atomic mass is 10.1. The van der Waals surface area contributed by atoms with Gasteiger partial charge in [0.15, 0.2) is 17.6 Å². The van der Waals surface area contributed by atoms with Gasteiger partial charge in [0.05, 0.1) is 29.1 Å². The van der Waals surface area contributed by atoms with E-state index < -0.39 is 11.4 Å². The Hall–Kier alpha value is -2.25. The fourth-order valence-electron chi connectivity index (χ4n) is 2.59. The largest absolute Gasteiger partial charge is 0.486 e. The van der Waals surface area contributed by atoms with Gasteiger partial charge >= 0.3 is 5.97 Å². The molecule has 0 fully saturated rings. The van der Waals surface area contributed by atoms with E-state index in [4.69, 9.17) is 30.5 Å². The van der Waals surface area contributed by atoms with Crippen LogP contribution in [0.5, 0.6) is 11.5 Å². The number of hydrogen-bond acceptors (Lipinski definition) is 6. The van der Waals surface area contributed by atoms with Crippen LogP contribution in [0.1, 0.15) is 24.2 Å². The third-order valence-electron chi connectivity index (χ3n) is 3.74. The summed E-state index contributed by atoms with van der Waals surface area (Å²) in [5.74, 6) is 0.00670. The maximum absolute atomic E-state index is 12.7. The molecule has 1 aromatic carbocycles. The van der Waals surface area contributed by atoms with Crippen LogP contribution < -0.4 is 14.9 Å². The number of carbonyl (C=O) groups is 1. The van der Waals surface area contributed by atoms with E-state index in [0.717, 1.165) is 0 Å². The molecule has 0 saturated carbocycles. The fraction of sp³-hybridized carbons (Fsp3) is 0.412. The van der Waals surface area contributed by atoms with Crippen LogP contribution in [0.4, 0.5) is 0 Å². The predicted octanol–water partition coefficient (Wildman–Crippen LogP) is 2.53. The summed E-state index contributed by atoms with van der Waals surface area (Å²) in [6.45, 7) is 4.95. The standard InChI is InChI=1S/C17H18ClNO6/c1-3-22-7-9-8-24-12-5-11-13(14(18)16(12)25-9)15(20)10(6-19-11)17(21)23-4-2/h5-6,9H,3-4,7-8H2,1-2H3,(H,19,20). The first-order valence-electron chi connectivity index (χ1n) is 7.99. The van der Waals surface area contributed by atoms with Crippen molar-refractivity contribution in [1.29, 1.82) is 0 Å². The van der Waals surface area contributed by atoms with Crippen molar-refractivity contribution in [3.63, 3.8) is 0 Å². The number of carbonyl (C=O) groups excluding carboxylic acids is 1. The molecule has 0 aliphatic carbocycles. The molecular weight excluding hydrogens is 350 g/mol. The highest BCUT2D eigenvalue weighted by Gasteiger charge is 2.27. The van der Waals surface area contributed by atoms with Gasteiger partial charge in [0.2, 0.25) is 5.43 Å². The van der Waals surface area contributed by atoms with E-state index in [-0.39, 0.29) is 34.4 Å². The number of halogens is 1.